The summed E-state index contributed by atoms with van der Waals surface area (Å²) in [6.07, 6.45) is 3.66. The zero-order valence-electron chi connectivity index (χ0n) is 16.4. The van der Waals surface area contributed by atoms with Crippen LogP contribution in [0.15, 0.2) is 24.3 Å². The molecule has 5 atom stereocenters. The van der Waals surface area contributed by atoms with E-state index in [-0.39, 0.29) is 36.4 Å². The average Bonchev–Trinajstić information content (AvgIpc) is 2.66. The lowest BCUT2D eigenvalue weighted by Crippen LogP contribution is -2.58. The maximum absolute atomic E-state index is 12.3. The summed E-state index contributed by atoms with van der Waals surface area (Å²) in [4.78, 5) is 24.6. The number of ether oxygens (including phenoxy) is 2. The molecule has 1 aromatic carbocycles. The summed E-state index contributed by atoms with van der Waals surface area (Å²) < 4.78 is 10.7. The van der Waals surface area contributed by atoms with Gasteiger partial charge in [0.05, 0.1) is 7.11 Å². The zero-order valence-corrected chi connectivity index (χ0v) is 16.4. The predicted molar refractivity (Wildman–Crippen MR) is 103 cm³/mol. The number of fused-ring (bicyclic) bond motifs is 1. The van der Waals surface area contributed by atoms with E-state index in [1.807, 2.05) is 12.1 Å². The fraction of sp³-hybridized carbons (Fsp3) is 0.619. The van der Waals surface area contributed by atoms with Gasteiger partial charge < -0.3 is 20.1 Å². The molecule has 148 valence electrons. The van der Waals surface area contributed by atoms with Crippen molar-refractivity contribution >= 4 is 11.8 Å². The number of nitrogens with one attached hydrogen (secondary N) is 2. The Morgan fingerprint density at radius 1 is 1.30 bits per heavy atom. The number of hydrogen-bond acceptors (Lipinski definition) is 4. The Balaban J connectivity index is 1.49. The van der Waals surface area contributed by atoms with Gasteiger partial charge in [0.2, 0.25) is 5.91 Å². The molecule has 2 fully saturated rings. The SMILES string of the molecule is CCC1C(=O)NC2CC(NC(=O)COc3cccc(OC)c3)CCC2C1C. The molecule has 1 saturated heterocycles. The number of carbonyl (C=O) groups is 2. The lowest BCUT2D eigenvalue weighted by Gasteiger charge is -2.46. The van der Waals surface area contributed by atoms with Crippen molar-refractivity contribution < 1.29 is 19.1 Å². The van der Waals surface area contributed by atoms with Gasteiger partial charge in [-0.25, -0.2) is 0 Å². The molecule has 0 radical (unpaired) electrons. The summed E-state index contributed by atoms with van der Waals surface area (Å²) in [6, 6.07) is 7.44. The molecule has 1 aliphatic heterocycles. The lowest BCUT2D eigenvalue weighted by atomic mass is 9.67. The van der Waals surface area contributed by atoms with Gasteiger partial charge in [0, 0.05) is 24.1 Å². The second-order valence-corrected chi connectivity index (χ2v) is 7.70. The van der Waals surface area contributed by atoms with Crippen LogP contribution in [0.5, 0.6) is 11.5 Å². The minimum Gasteiger partial charge on any atom is -0.497 e. The van der Waals surface area contributed by atoms with Crippen molar-refractivity contribution in [2.45, 2.75) is 51.6 Å². The van der Waals surface area contributed by atoms with Crippen LogP contribution >= 0.6 is 0 Å². The minimum atomic E-state index is -0.136. The van der Waals surface area contributed by atoms with E-state index in [1.165, 1.54) is 0 Å². The van der Waals surface area contributed by atoms with Crippen molar-refractivity contribution in [1.29, 1.82) is 0 Å². The number of piperidine rings is 1. The van der Waals surface area contributed by atoms with Crippen LogP contribution in [-0.4, -0.2) is 37.6 Å². The number of carbonyl (C=O) groups excluding carboxylic acids is 2. The molecule has 2 N–H and O–H groups in total. The molecule has 0 bridgehead atoms. The normalized spacial score (nSPS) is 30.0. The largest absolute Gasteiger partial charge is 0.497 e. The van der Waals surface area contributed by atoms with E-state index in [2.05, 4.69) is 24.5 Å². The standard InChI is InChI=1S/C21H30N2O4/c1-4-17-13(2)18-9-8-14(10-19(18)23-21(17)25)22-20(24)12-27-16-7-5-6-15(11-16)26-3/h5-7,11,13-14,17-19H,4,8-10,12H2,1-3H3,(H,22,24)(H,23,25). The van der Waals surface area contributed by atoms with Crippen molar-refractivity contribution in [3.8, 4) is 11.5 Å². The van der Waals surface area contributed by atoms with E-state index < -0.39 is 0 Å². The first-order valence-electron chi connectivity index (χ1n) is 9.88. The summed E-state index contributed by atoms with van der Waals surface area (Å²) in [5.74, 6) is 2.36. The van der Waals surface area contributed by atoms with Crippen LogP contribution in [0, 0.1) is 17.8 Å². The van der Waals surface area contributed by atoms with Crippen LogP contribution in [0.1, 0.15) is 39.5 Å². The molecule has 3 rings (SSSR count). The lowest BCUT2D eigenvalue weighted by molar-refractivity contribution is -0.133. The van der Waals surface area contributed by atoms with Gasteiger partial charge in [-0.05, 0) is 49.7 Å². The van der Waals surface area contributed by atoms with E-state index in [1.54, 1.807) is 19.2 Å². The highest BCUT2D eigenvalue weighted by Crippen LogP contribution is 2.38. The van der Waals surface area contributed by atoms with Crippen LogP contribution in [0.25, 0.3) is 0 Å². The smallest absolute Gasteiger partial charge is 0.258 e. The van der Waals surface area contributed by atoms with Crippen molar-refractivity contribution in [1.82, 2.24) is 10.6 Å². The molecule has 1 aliphatic carbocycles. The van der Waals surface area contributed by atoms with E-state index in [0.29, 0.717) is 23.3 Å². The highest BCUT2D eigenvalue weighted by atomic mass is 16.5. The molecule has 6 heteroatoms. The first-order valence-corrected chi connectivity index (χ1v) is 9.88. The fourth-order valence-electron chi connectivity index (χ4n) is 4.61. The Kier molecular flexibility index (Phi) is 6.24. The molecular formula is C21H30N2O4. The van der Waals surface area contributed by atoms with Crippen molar-refractivity contribution in [2.24, 2.45) is 17.8 Å². The third-order valence-corrected chi connectivity index (χ3v) is 6.09. The van der Waals surface area contributed by atoms with E-state index >= 15 is 0 Å². The summed E-state index contributed by atoms with van der Waals surface area (Å²) in [5, 5.41) is 6.25. The van der Waals surface area contributed by atoms with Gasteiger partial charge in [-0.2, -0.15) is 0 Å². The quantitative estimate of drug-likeness (QED) is 0.802. The second kappa shape index (κ2) is 8.63. The van der Waals surface area contributed by atoms with Crippen molar-refractivity contribution in [2.75, 3.05) is 13.7 Å². The molecule has 1 saturated carbocycles. The Hall–Kier alpha value is -2.24. The second-order valence-electron chi connectivity index (χ2n) is 7.70. The highest BCUT2D eigenvalue weighted by Gasteiger charge is 2.43. The predicted octanol–water partition coefficient (Wildman–Crippen LogP) is 2.52. The van der Waals surface area contributed by atoms with Gasteiger partial charge >= 0.3 is 0 Å². The molecule has 27 heavy (non-hydrogen) atoms. The van der Waals surface area contributed by atoms with E-state index in [0.717, 1.165) is 25.7 Å². The molecule has 2 amide bonds. The fourth-order valence-corrected chi connectivity index (χ4v) is 4.61. The maximum atomic E-state index is 12.3. The summed E-state index contributed by atoms with van der Waals surface area (Å²) >= 11 is 0. The zero-order chi connectivity index (χ0) is 19.4. The molecule has 0 aromatic heterocycles. The van der Waals surface area contributed by atoms with E-state index in [9.17, 15) is 9.59 Å². The number of methoxy groups -OCH3 is 1. The molecule has 5 unspecified atom stereocenters. The Labute approximate surface area is 161 Å². The number of benzene rings is 1. The molecule has 1 heterocycles. The molecule has 6 nitrogen and oxygen atoms in total. The monoisotopic (exact) mass is 374 g/mol. The molecule has 0 spiro atoms. The number of rotatable bonds is 6. The summed E-state index contributed by atoms with van der Waals surface area (Å²) in [6.45, 7) is 4.25. The Bertz CT molecular complexity index is 678. The number of amides is 2. The van der Waals surface area contributed by atoms with E-state index in [4.69, 9.17) is 9.47 Å². The average molecular weight is 374 g/mol. The first kappa shape index (κ1) is 19.5. The topological polar surface area (TPSA) is 76.7 Å². The van der Waals surface area contributed by atoms with Gasteiger partial charge in [-0.1, -0.05) is 19.9 Å². The first-order chi connectivity index (χ1) is 13.0. The maximum Gasteiger partial charge on any atom is 0.258 e. The number of hydrogen-bond donors (Lipinski definition) is 2. The Morgan fingerprint density at radius 2 is 2.07 bits per heavy atom. The summed E-state index contributed by atoms with van der Waals surface area (Å²) in [5.41, 5.74) is 0. The van der Waals surface area contributed by atoms with Crippen molar-refractivity contribution in [3.05, 3.63) is 24.3 Å². The minimum absolute atomic E-state index is 0.0293. The van der Waals surface area contributed by atoms with Crippen LogP contribution < -0.4 is 20.1 Å². The van der Waals surface area contributed by atoms with Gasteiger partial charge in [0.15, 0.2) is 6.61 Å². The molecule has 1 aromatic rings. The van der Waals surface area contributed by atoms with Gasteiger partial charge in [-0.15, -0.1) is 0 Å². The molecular weight excluding hydrogens is 344 g/mol. The summed E-state index contributed by atoms with van der Waals surface area (Å²) in [7, 11) is 1.59. The Morgan fingerprint density at radius 3 is 2.81 bits per heavy atom. The van der Waals surface area contributed by atoms with Crippen LogP contribution in [0.4, 0.5) is 0 Å². The van der Waals surface area contributed by atoms with Crippen LogP contribution in [0.2, 0.25) is 0 Å². The molecule has 2 aliphatic rings. The van der Waals surface area contributed by atoms with Gasteiger partial charge in [0.25, 0.3) is 5.91 Å². The van der Waals surface area contributed by atoms with Crippen molar-refractivity contribution in [3.63, 3.8) is 0 Å². The third kappa shape index (κ3) is 4.54. The highest BCUT2D eigenvalue weighted by molar-refractivity contribution is 5.80. The van der Waals surface area contributed by atoms with Crippen LogP contribution in [0.3, 0.4) is 0 Å². The third-order valence-electron chi connectivity index (χ3n) is 6.09. The van der Waals surface area contributed by atoms with Crippen LogP contribution in [-0.2, 0) is 9.59 Å². The van der Waals surface area contributed by atoms with Gasteiger partial charge in [-0.3, -0.25) is 9.59 Å². The van der Waals surface area contributed by atoms with Gasteiger partial charge in [0.1, 0.15) is 11.5 Å².